The normalized spacial score (nSPS) is 13.5. The summed E-state index contributed by atoms with van der Waals surface area (Å²) in [5.41, 5.74) is 13.0. The zero-order valence-corrected chi connectivity index (χ0v) is 38.3. The van der Waals surface area contributed by atoms with E-state index in [1.165, 1.54) is 11.6 Å². The number of para-hydroxylation sites is 1. The van der Waals surface area contributed by atoms with E-state index in [4.69, 9.17) is 15.0 Å². The summed E-state index contributed by atoms with van der Waals surface area (Å²) < 4.78 is 53.8. The Morgan fingerprint density at radius 3 is 1.44 bits per heavy atom. The van der Waals surface area contributed by atoms with Crippen molar-refractivity contribution >= 4 is 65.4 Å². The van der Waals surface area contributed by atoms with Crippen LogP contribution in [0.15, 0.2) is 152 Å². The number of alkyl halides is 3. The summed E-state index contributed by atoms with van der Waals surface area (Å²) in [5.74, 6) is 0.706. The van der Waals surface area contributed by atoms with Crippen LogP contribution in [0.1, 0.15) is 52.8 Å². The number of hydrogen-bond acceptors (Lipinski definition) is 3. The van der Waals surface area contributed by atoms with Crippen LogP contribution in [-0.4, -0.2) is 28.7 Å². The van der Waals surface area contributed by atoms with Crippen molar-refractivity contribution < 1.29 is 13.2 Å². The van der Waals surface area contributed by atoms with Crippen molar-refractivity contribution in [2.24, 2.45) is 0 Å². The van der Waals surface area contributed by atoms with Gasteiger partial charge < -0.3 is 4.57 Å². The van der Waals surface area contributed by atoms with E-state index in [1.54, 1.807) is 16.7 Å². The van der Waals surface area contributed by atoms with Gasteiger partial charge in [-0.15, -0.1) is 0 Å². The van der Waals surface area contributed by atoms with Crippen LogP contribution < -0.4 is 0 Å². The highest BCUT2D eigenvalue weighted by Crippen LogP contribution is 2.51. The van der Waals surface area contributed by atoms with Crippen LogP contribution in [0.4, 0.5) is 13.2 Å². The molecular formula is C59H43F3N6. The van der Waals surface area contributed by atoms with Crippen molar-refractivity contribution in [3.63, 3.8) is 0 Å². The molecule has 330 valence electrons. The Morgan fingerprint density at radius 2 is 0.897 bits per heavy atom. The minimum absolute atomic E-state index is 0.0220. The van der Waals surface area contributed by atoms with E-state index < -0.39 is 11.7 Å². The Morgan fingerprint density at radius 1 is 0.412 bits per heavy atom. The Kier molecular flexibility index (Phi) is 8.29. The predicted molar refractivity (Wildman–Crippen MR) is 270 cm³/mol. The lowest BCUT2D eigenvalue weighted by atomic mass is 9.82. The minimum Gasteiger partial charge on any atom is -0.309 e. The van der Waals surface area contributed by atoms with E-state index in [0.29, 0.717) is 22.9 Å². The van der Waals surface area contributed by atoms with Crippen LogP contribution >= 0.6 is 0 Å². The van der Waals surface area contributed by atoms with Gasteiger partial charge in [0.25, 0.3) is 0 Å². The number of fused-ring (bicyclic) bond motifs is 12. The summed E-state index contributed by atoms with van der Waals surface area (Å²) in [7, 11) is 0. The first-order valence-corrected chi connectivity index (χ1v) is 22.9. The molecule has 8 aromatic carbocycles. The number of nitrogens with zero attached hydrogens (tertiary/aromatic N) is 6. The van der Waals surface area contributed by atoms with Crippen molar-refractivity contribution in [1.82, 2.24) is 28.7 Å². The number of halogens is 3. The summed E-state index contributed by atoms with van der Waals surface area (Å²) in [6.45, 7) is 12.7. The Hall–Kier alpha value is -8.04. The number of rotatable bonds is 4. The van der Waals surface area contributed by atoms with Crippen molar-refractivity contribution in [2.75, 3.05) is 0 Å². The lowest BCUT2D eigenvalue weighted by Crippen LogP contribution is -2.14. The molecule has 0 spiro atoms. The topological polar surface area (TPSA) is 53.5 Å². The van der Waals surface area contributed by atoms with Gasteiger partial charge >= 0.3 is 6.18 Å². The predicted octanol–water partition coefficient (Wildman–Crippen LogP) is 15.4. The monoisotopic (exact) mass is 892 g/mol. The van der Waals surface area contributed by atoms with Gasteiger partial charge in [-0.1, -0.05) is 103 Å². The fourth-order valence-corrected chi connectivity index (χ4v) is 11.1. The molecule has 1 aliphatic rings. The van der Waals surface area contributed by atoms with Crippen LogP contribution in [0.5, 0.6) is 0 Å². The van der Waals surface area contributed by atoms with Crippen LogP contribution in [0, 0.1) is 27.7 Å². The maximum absolute atomic E-state index is 16.0. The molecule has 0 aliphatic heterocycles. The summed E-state index contributed by atoms with van der Waals surface area (Å²) in [5, 5.41) is 5.90. The van der Waals surface area contributed by atoms with E-state index >= 15 is 13.2 Å². The van der Waals surface area contributed by atoms with Gasteiger partial charge in [-0.3, -0.25) is 9.13 Å². The van der Waals surface area contributed by atoms with Crippen molar-refractivity contribution in [1.29, 1.82) is 0 Å². The zero-order chi connectivity index (χ0) is 46.5. The first-order valence-electron chi connectivity index (χ1n) is 22.9. The molecule has 0 radical (unpaired) electrons. The lowest BCUT2D eigenvalue weighted by molar-refractivity contribution is -0.137. The molecule has 9 heteroatoms. The van der Waals surface area contributed by atoms with Crippen molar-refractivity contribution in [3.05, 3.63) is 191 Å². The SMILES string of the molecule is Cc1ccc2c(c1)c1cc(C)ccc1n2-c1nc(-c2ccc(-n3c4ccccc4c4cc5c(cc43)-c3ccccc3C5(C)C)c(C(F)(F)F)c2)nc(-n2c3ccc(C)cc3c3cc(C)ccc32)n1. The van der Waals surface area contributed by atoms with E-state index in [0.717, 1.165) is 93.3 Å². The molecule has 0 saturated carbocycles. The fourth-order valence-electron chi connectivity index (χ4n) is 11.1. The molecule has 68 heavy (non-hydrogen) atoms. The third-order valence-electron chi connectivity index (χ3n) is 14.3. The van der Waals surface area contributed by atoms with Crippen LogP contribution in [0.25, 0.3) is 106 Å². The zero-order valence-electron chi connectivity index (χ0n) is 38.3. The molecule has 1 aliphatic carbocycles. The molecule has 13 rings (SSSR count). The molecule has 6 nitrogen and oxygen atoms in total. The standard InChI is InChI=1S/C59H43F3N6/c1-32-15-20-49-40(25-32)41-26-33(2)16-21-50(41)67(49)56-63-55(64-57(65-56)68-51-22-17-34(3)27-42(51)43-28-35(4)18-23-52(43)68)36-19-24-53(47(29-36)59(60,61)62)66-48-14-10-8-12-38(48)44-30-46-39(31-54(44)66)37-11-7-9-13-45(37)58(46,5)6/h7-31H,1-6H3. The second-order valence-electron chi connectivity index (χ2n) is 19.2. The third kappa shape index (κ3) is 5.74. The summed E-state index contributed by atoms with van der Waals surface area (Å²) in [6.07, 6.45) is -4.75. The smallest absolute Gasteiger partial charge is 0.309 e. The van der Waals surface area contributed by atoms with Gasteiger partial charge in [0.05, 0.1) is 44.4 Å². The molecule has 0 saturated heterocycles. The highest BCUT2D eigenvalue weighted by molar-refractivity contribution is 6.13. The maximum atomic E-state index is 16.0. The highest BCUT2D eigenvalue weighted by Gasteiger charge is 2.38. The van der Waals surface area contributed by atoms with Crippen molar-refractivity contribution in [3.8, 4) is 40.1 Å². The van der Waals surface area contributed by atoms with E-state index in [-0.39, 0.29) is 22.5 Å². The molecule has 4 heterocycles. The number of benzene rings is 8. The summed E-state index contributed by atoms with van der Waals surface area (Å²) in [6, 6.07) is 50.0. The van der Waals surface area contributed by atoms with Gasteiger partial charge in [-0.2, -0.15) is 28.1 Å². The number of aromatic nitrogens is 6. The average Bonchev–Trinajstić information content (AvgIpc) is 4.00. The van der Waals surface area contributed by atoms with Gasteiger partial charge in [0.15, 0.2) is 5.82 Å². The van der Waals surface area contributed by atoms with Gasteiger partial charge in [-0.05, 0) is 135 Å². The first-order chi connectivity index (χ1) is 32.7. The molecule has 0 unspecified atom stereocenters. The van der Waals surface area contributed by atoms with E-state index in [9.17, 15) is 0 Å². The molecule has 0 N–H and O–H groups in total. The highest BCUT2D eigenvalue weighted by atomic mass is 19.4. The minimum atomic E-state index is -4.75. The molecular weight excluding hydrogens is 850 g/mol. The van der Waals surface area contributed by atoms with Crippen molar-refractivity contribution in [2.45, 2.75) is 53.1 Å². The molecule has 0 amide bonds. The fraction of sp³-hybridized carbons (Fsp3) is 0.136. The average molecular weight is 893 g/mol. The largest absolute Gasteiger partial charge is 0.418 e. The van der Waals surface area contributed by atoms with Gasteiger partial charge in [0.1, 0.15) is 0 Å². The third-order valence-corrected chi connectivity index (χ3v) is 14.3. The molecule has 0 bridgehead atoms. The van der Waals surface area contributed by atoms with Crippen LogP contribution in [-0.2, 0) is 11.6 Å². The summed E-state index contributed by atoms with van der Waals surface area (Å²) in [4.78, 5) is 15.5. The molecule has 4 aromatic heterocycles. The summed E-state index contributed by atoms with van der Waals surface area (Å²) >= 11 is 0. The maximum Gasteiger partial charge on any atom is 0.418 e. The van der Waals surface area contributed by atoms with Gasteiger partial charge in [-0.25, -0.2) is 0 Å². The number of hydrogen-bond donors (Lipinski definition) is 0. The number of aryl methyl sites for hydroxylation is 4. The van der Waals surface area contributed by atoms with E-state index in [2.05, 4.69) is 139 Å². The molecule has 12 aromatic rings. The second kappa shape index (κ2) is 14.0. The Balaban J connectivity index is 1.09. The molecule has 0 atom stereocenters. The Labute approximate surface area is 389 Å². The molecule has 0 fully saturated rings. The quantitative estimate of drug-likeness (QED) is 0.177. The van der Waals surface area contributed by atoms with Crippen LogP contribution in [0.3, 0.4) is 0 Å². The first kappa shape index (κ1) is 40.3. The lowest BCUT2D eigenvalue weighted by Gasteiger charge is -2.21. The second-order valence-corrected chi connectivity index (χ2v) is 19.2. The van der Waals surface area contributed by atoms with Crippen LogP contribution in [0.2, 0.25) is 0 Å². The van der Waals surface area contributed by atoms with E-state index in [1.807, 2.05) is 45.5 Å². The Bertz CT molecular complexity index is 3900. The van der Waals surface area contributed by atoms with Gasteiger partial charge in [0.2, 0.25) is 11.9 Å². The van der Waals surface area contributed by atoms with Gasteiger partial charge in [0, 0.05) is 43.3 Å².